The average Bonchev–Trinajstić information content (AvgIpc) is 2.61. The Morgan fingerprint density at radius 3 is 2.35 bits per heavy atom. The van der Waals surface area contributed by atoms with Crippen LogP contribution in [0.2, 0.25) is 0 Å². The third kappa shape index (κ3) is 3.92. The maximum Gasteiger partial charge on any atom is 0.254 e. The highest BCUT2D eigenvalue weighted by atomic mass is 32.2. The van der Waals surface area contributed by atoms with Gasteiger partial charge >= 0.3 is 0 Å². The van der Waals surface area contributed by atoms with Crippen LogP contribution in [0.4, 0.5) is 4.39 Å². The van der Waals surface area contributed by atoms with Gasteiger partial charge in [-0.3, -0.25) is 4.79 Å². The Balaban J connectivity index is 1.88. The minimum Gasteiger partial charge on any atom is -0.372 e. The van der Waals surface area contributed by atoms with Gasteiger partial charge in [-0.05, 0) is 44.9 Å². The number of benzene rings is 1. The number of nitrogens with zero attached hydrogens (tertiary/aromatic N) is 2. The molecule has 0 aliphatic carbocycles. The minimum atomic E-state index is -3.94. The van der Waals surface area contributed by atoms with Crippen molar-refractivity contribution in [3.05, 3.63) is 29.6 Å². The first kappa shape index (κ1) is 19.3. The molecular weight excluding hydrogens is 359 g/mol. The second-order valence-electron chi connectivity index (χ2n) is 7.08. The fourth-order valence-electron chi connectivity index (χ4n) is 3.60. The molecule has 144 valence electrons. The van der Waals surface area contributed by atoms with Crippen LogP contribution in [0, 0.1) is 5.82 Å². The minimum absolute atomic E-state index is 0.0975. The van der Waals surface area contributed by atoms with Crippen LogP contribution in [0.1, 0.15) is 43.5 Å². The van der Waals surface area contributed by atoms with Gasteiger partial charge in [-0.2, -0.15) is 4.31 Å². The van der Waals surface area contributed by atoms with Crippen molar-refractivity contribution in [1.82, 2.24) is 9.21 Å². The summed E-state index contributed by atoms with van der Waals surface area (Å²) in [5.74, 6) is -1.13. The second-order valence-corrected chi connectivity index (χ2v) is 8.98. The largest absolute Gasteiger partial charge is 0.372 e. The summed E-state index contributed by atoms with van der Waals surface area (Å²) < 4.78 is 46.8. The Morgan fingerprint density at radius 1 is 1.12 bits per heavy atom. The van der Waals surface area contributed by atoms with E-state index in [-0.39, 0.29) is 23.7 Å². The van der Waals surface area contributed by atoms with Gasteiger partial charge in [-0.25, -0.2) is 12.8 Å². The molecule has 0 bridgehead atoms. The molecule has 0 saturated carbocycles. The summed E-state index contributed by atoms with van der Waals surface area (Å²) in [5.41, 5.74) is 0.184. The monoisotopic (exact) mass is 384 g/mol. The van der Waals surface area contributed by atoms with Crippen molar-refractivity contribution >= 4 is 15.9 Å². The molecular formula is C18H25FN2O4S. The quantitative estimate of drug-likeness (QED) is 0.802. The second kappa shape index (κ2) is 7.62. The highest BCUT2D eigenvalue weighted by Crippen LogP contribution is 2.25. The van der Waals surface area contributed by atoms with E-state index >= 15 is 0 Å². The van der Waals surface area contributed by atoms with Crippen LogP contribution in [-0.4, -0.2) is 61.9 Å². The van der Waals surface area contributed by atoms with E-state index < -0.39 is 20.7 Å². The molecule has 6 nitrogen and oxygen atoms in total. The van der Waals surface area contributed by atoms with E-state index in [0.29, 0.717) is 26.2 Å². The van der Waals surface area contributed by atoms with Crippen molar-refractivity contribution in [2.24, 2.45) is 0 Å². The Morgan fingerprint density at radius 2 is 1.73 bits per heavy atom. The van der Waals surface area contributed by atoms with E-state index in [1.54, 1.807) is 4.90 Å². The molecule has 2 saturated heterocycles. The van der Waals surface area contributed by atoms with Gasteiger partial charge in [-0.15, -0.1) is 0 Å². The van der Waals surface area contributed by atoms with Gasteiger partial charge in [-0.1, -0.05) is 6.42 Å². The van der Waals surface area contributed by atoms with Crippen LogP contribution in [0.5, 0.6) is 0 Å². The third-order valence-electron chi connectivity index (χ3n) is 4.82. The molecule has 0 N–H and O–H groups in total. The van der Waals surface area contributed by atoms with Crippen LogP contribution in [0.3, 0.4) is 0 Å². The molecule has 0 radical (unpaired) electrons. The van der Waals surface area contributed by atoms with Crippen molar-refractivity contribution in [2.45, 2.75) is 50.2 Å². The lowest BCUT2D eigenvalue weighted by atomic mass is 10.1. The van der Waals surface area contributed by atoms with Gasteiger partial charge in [0.05, 0.1) is 12.2 Å². The molecule has 26 heavy (non-hydrogen) atoms. The molecule has 2 heterocycles. The summed E-state index contributed by atoms with van der Waals surface area (Å²) in [7, 11) is -3.94. The number of morpholine rings is 1. The Bertz CT molecular complexity index is 767. The number of hydrogen-bond donors (Lipinski definition) is 0. The lowest BCUT2D eigenvalue weighted by Crippen LogP contribution is -2.48. The van der Waals surface area contributed by atoms with Crippen molar-refractivity contribution in [3.63, 3.8) is 0 Å². The molecule has 0 spiro atoms. The van der Waals surface area contributed by atoms with E-state index in [9.17, 15) is 17.6 Å². The number of sulfonamides is 1. The van der Waals surface area contributed by atoms with E-state index in [0.717, 1.165) is 25.3 Å². The number of rotatable bonds is 3. The first-order valence-corrected chi connectivity index (χ1v) is 10.5. The summed E-state index contributed by atoms with van der Waals surface area (Å²) in [4.78, 5) is 14.0. The summed E-state index contributed by atoms with van der Waals surface area (Å²) in [5, 5.41) is 0. The lowest BCUT2D eigenvalue weighted by molar-refractivity contribution is -0.0586. The highest BCUT2D eigenvalue weighted by Gasteiger charge is 2.31. The maximum atomic E-state index is 14.3. The van der Waals surface area contributed by atoms with Crippen molar-refractivity contribution in [1.29, 1.82) is 0 Å². The summed E-state index contributed by atoms with van der Waals surface area (Å²) in [6.45, 7) is 5.39. The van der Waals surface area contributed by atoms with Crippen LogP contribution < -0.4 is 0 Å². The Hall–Kier alpha value is -1.51. The number of piperidine rings is 1. The van der Waals surface area contributed by atoms with Crippen LogP contribution in [0.15, 0.2) is 23.1 Å². The van der Waals surface area contributed by atoms with Crippen LogP contribution in [0.25, 0.3) is 0 Å². The average molecular weight is 384 g/mol. The normalized spacial score (nSPS) is 25.3. The van der Waals surface area contributed by atoms with E-state index in [1.165, 1.54) is 16.4 Å². The zero-order valence-corrected chi connectivity index (χ0v) is 16.0. The summed E-state index contributed by atoms with van der Waals surface area (Å²) >= 11 is 0. The number of hydrogen-bond acceptors (Lipinski definition) is 4. The zero-order valence-electron chi connectivity index (χ0n) is 15.2. The molecule has 1 amide bonds. The topological polar surface area (TPSA) is 66.9 Å². The molecule has 1 aromatic rings. The van der Waals surface area contributed by atoms with Crippen molar-refractivity contribution in [2.75, 3.05) is 26.2 Å². The molecule has 0 aromatic heterocycles. The van der Waals surface area contributed by atoms with Gasteiger partial charge in [0.2, 0.25) is 10.0 Å². The number of carbonyl (C=O) groups is 1. The third-order valence-corrected chi connectivity index (χ3v) is 6.73. The number of ether oxygens (including phenoxy) is 1. The number of halogens is 1. The molecule has 2 atom stereocenters. The predicted octanol–water partition coefficient (Wildman–Crippen LogP) is 2.25. The van der Waals surface area contributed by atoms with E-state index in [4.69, 9.17) is 4.74 Å². The van der Waals surface area contributed by atoms with E-state index in [1.807, 2.05) is 13.8 Å². The fraction of sp³-hybridized carbons (Fsp3) is 0.611. The van der Waals surface area contributed by atoms with Gasteiger partial charge in [0.25, 0.3) is 5.91 Å². The zero-order chi connectivity index (χ0) is 18.9. The molecule has 0 unspecified atom stereocenters. The van der Waals surface area contributed by atoms with Gasteiger partial charge in [0.15, 0.2) is 0 Å². The summed E-state index contributed by atoms with van der Waals surface area (Å²) in [6.07, 6.45) is 2.31. The van der Waals surface area contributed by atoms with Gasteiger partial charge in [0, 0.05) is 31.7 Å². The predicted molar refractivity (Wildman–Crippen MR) is 94.9 cm³/mol. The van der Waals surface area contributed by atoms with Gasteiger partial charge < -0.3 is 9.64 Å². The molecule has 2 fully saturated rings. The molecule has 3 rings (SSSR count). The lowest BCUT2D eigenvalue weighted by Gasteiger charge is -2.35. The van der Waals surface area contributed by atoms with Gasteiger partial charge in [0.1, 0.15) is 10.7 Å². The highest BCUT2D eigenvalue weighted by molar-refractivity contribution is 7.89. The summed E-state index contributed by atoms with van der Waals surface area (Å²) in [6, 6.07) is 3.58. The number of amides is 1. The van der Waals surface area contributed by atoms with E-state index in [2.05, 4.69) is 0 Å². The SMILES string of the molecule is C[C@H]1CN(C(=O)c2ccc(F)c(S(=O)(=O)N3CCCCC3)c2)C[C@H](C)O1. The van der Waals surface area contributed by atoms with Crippen LogP contribution in [-0.2, 0) is 14.8 Å². The first-order valence-electron chi connectivity index (χ1n) is 9.03. The van der Waals surface area contributed by atoms with Crippen molar-refractivity contribution in [3.8, 4) is 0 Å². The molecule has 2 aliphatic heterocycles. The molecule has 1 aromatic carbocycles. The van der Waals surface area contributed by atoms with Crippen molar-refractivity contribution < 1.29 is 22.3 Å². The Kier molecular flexibility index (Phi) is 5.64. The smallest absolute Gasteiger partial charge is 0.254 e. The molecule has 8 heteroatoms. The first-order chi connectivity index (χ1) is 12.3. The standard InChI is InChI=1S/C18H25FN2O4S/c1-13-11-20(12-14(2)25-13)18(22)15-6-7-16(19)17(10-15)26(23,24)21-8-4-3-5-9-21/h6-7,10,13-14H,3-5,8-9,11-12H2,1-2H3/t13-,14-/m0/s1. The Labute approximate surface area is 154 Å². The van der Waals surface area contributed by atoms with Crippen LogP contribution >= 0.6 is 0 Å². The molecule has 2 aliphatic rings. The fourth-order valence-corrected chi connectivity index (χ4v) is 5.21. The number of carbonyl (C=O) groups excluding carboxylic acids is 1. The maximum absolute atomic E-state index is 14.3.